The molecule has 5 atom stereocenters. The molecular formula is C21H26O3. The number of fused-ring (bicyclic) bond motifs is 5. The van der Waals surface area contributed by atoms with Gasteiger partial charge in [-0.3, -0.25) is 14.4 Å². The van der Waals surface area contributed by atoms with E-state index in [0.29, 0.717) is 24.5 Å². The van der Waals surface area contributed by atoms with E-state index >= 15 is 0 Å². The number of rotatable bonds is 2. The van der Waals surface area contributed by atoms with Gasteiger partial charge in [-0.2, -0.15) is 0 Å². The first-order valence-electron chi connectivity index (χ1n) is 9.33. The number of carbonyl (C=O) groups is 3. The molecular weight excluding hydrogens is 300 g/mol. The summed E-state index contributed by atoms with van der Waals surface area (Å²) >= 11 is 0. The van der Waals surface area contributed by atoms with E-state index in [-0.39, 0.29) is 28.3 Å². The minimum Gasteiger partial charge on any atom is -0.295 e. The van der Waals surface area contributed by atoms with Crippen LogP contribution in [-0.4, -0.2) is 17.9 Å². The van der Waals surface area contributed by atoms with Crippen molar-refractivity contribution in [3.8, 4) is 0 Å². The molecule has 4 aliphatic rings. The molecule has 2 saturated carbocycles. The second-order valence-electron chi connectivity index (χ2n) is 8.74. The Hall–Kier alpha value is -1.51. The monoisotopic (exact) mass is 326 g/mol. The smallest absolute Gasteiger partial charge is 0.198 e. The van der Waals surface area contributed by atoms with Gasteiger partial charge in [0.1, 0.15) is 0 Å². The molecule has 0 aromatic heterocycles. The molecule has 0 amide bonds. The van der Waals surface area contributed by atoms with Gasteiger partial charge in [-0.15, -0.1) is 0 Å². The summed E-state index contributed by atoms with van der Waals surface area (Å²) in [4.78, 5) is 35.0. The van der Waals surface area contributed by atoms with E-state index in [2.05, 4.69) is 19.9 Å². The number of hydrogen-bond acceptors (Lipinski definition) is 3. The van der Waals surface area contributed by atoms with Crippen LogP contribution in [0.1, 0.15) is 58.8 Å². The second-order valence-corrected chi connectivity index (χ2v) is 8.74. The van der Waals surface area contributed by atoms with Crippen LogP contribution >= 0.6 is 0 Å². The SMILES string of the molecule is C[C@]12CCC(=O)C=C1CC[C@@H]1C2=CC[C@]2(C)C(C(=O)C=O)CC[C@@H]12. The first-order valence-corrected chi connectivity index (χ1v) is 9.33. The molecule has 0 saturated heterocycles. The summed E-state index contributed by atoms with van der Waals surface area (Å²) in [5.41, 5.74) is 2.83. The van der Waals surface area contributed by atoms with Crippen LogP contribution in [-0.2, 0) is 14.4 Å². The molecule has 0 aliphatic heterocycles. The third kappa shape index (κ3) is 1.99. The van der Waals surface area contributed by atoms with E-state index < -0.39 is 0 Å². The summed E-state index contributed by atoms with van der Waals surface area (Å²) in [5.74, 6) is 0.990. The van der Waals surface area contributed by atoms with Crippen LogP contribution < -0.4 is 0 Å². The van der Waals surface area contributed by atoms with E-state index in [1.807, 2.05) is 6.08 Å². The van der Waals surface area contributed by atoms with Crippen molar-refractivity contribution in [2.75, 3.05) is 0 Å². The zero-order chi connectivity index (χ0) is 17.1. The average Bonchev–Trinajstić information content (AvgIpc) is 2.92. The zero-order valence-corrected chi connectivity index (χ0v) is 14.6. The van der Waals surface area contributed by atoms with Gasteiger partial charge < -0.3 is 0 Å². The molecule has 0 radical (unpaired) electrons. The first-order chi connectivity index (χ1) is 11.4. The Balaban J connectivity index is 1.73. The highest BCUT2D eigenvalue weighted by Gasteiger charge is 2.57. The largest absolute Gasteiger partial charge is 0.295 e. The van der Waals surface area contributed by atoms with Crippen molar-refractivity contribution < 1.29 is 14.4 Å². The van der Waals surface area contributed by atoms with E-state index in [4.69, 9.17) is 0 Å². The van der Waals surface area contributed by atoms with Crippen molar-refractivity contribution in [2.45, 2.75) is 58.8 Å². The minimum absolute atomic E-state index is 0.0465. The van der Waals surface area contributed by atoms with Gasteiger partial charge >= 0.3 is 0 Å². The lowest BCUT2D eigenvalue weighted by molar-refractivity contribution is -0.135. The lowest BCUT2D eigenvalue weighted by Gasteiger charge is -2.53. The van der Waals surface area contributed by atoms with Gasteiger partial charge in [-0.25, -0.2) is 0 Å². The maximum absolute atomic E-state index is 12.1. The number of allylic oxidation sites excluding steroid dienone is 4. The predicted molar refractivity (Wildman–Crippen MR) is 91.2 cm³/mol. The number of hydrogen-bond donors (Lipinski definition) is 0. The Labute approximate surface area is 143 Å². The van der Waals surface area contributed by atoms with Gasteiger partial charge in [-0.1, -0.05) is 31.1 Å². The fourth-order valence-corrected chi connectivity index (χ4v) is 6.41. The summed E-state index contributed by atoms with van der Waals surface area (Å²) in [7, 11) is 0. The number of ketones is 2. The standard InChI is InChI=1S/C21H26O3/c1-20-9-7-14(23)11-13(20)3-4-15-16-5-6-18(19(24)12-22)21(16,2)10-8-17(15)20/h8,11-12,15-16,18H,3-7,9-10H2,1-2H3/t15-,16-,18?,20-,21-/m0/s1. The third-order valence-corrected chi connectivity index (χ3v) is 7.79. The Kier molecular flexibility index (Phi) is 3.49. The highest BCUT2D eigenvalue weighted by molar-refractivity contribution is 6.26. The maximum atomic E-state index is 12.1. The fraction of sp³-hybridized carbons (Fsp3) is 0.667. The molecule has 2 fully saturated rings. The minimum atomic E-state index is -0.206. The van der Waals surface area contributed by atoms with E-state index in [9.17, 15) is 14.4 Å². The van der Waals surface area contributed by atoms with Crippen LogP contribution in [0.3, 0.4) is 0 Å². The van der Waals surface area contributed by atoms with Gasteiger partial charge in [-0.05, 0) is 61.9 Å². The molecule has 0 aromatic carbocycles. The van der Waals surface area contributed by atoms with E-state index in [0.717, 1.165) is 38.5 Å². The van der Waals surface area contributed by atoms with Crippen molar-refractivity contribution in [1.82, 2.24) is 0 Å². The Morgan fingerprint density at radius 1 is 1.21 bits per heavy atom. The van der Waals surface area contributed by atoms with Crippen molar-refractivity contribution >= 4 is 17.9 Å². The molecule has 24 heavy (non-hydrogen) atoms. The van der Waals surface area contributed by atoms with Gasteiger partial charge in [0.15, 0.2) is 17.9 Å². The Morgan fingerprint density at radius 3 is 2.75 bits per heavy atom. The summed E-state index contributed by atoms with van der Waals surface area (Å²) < 4.78 is 0. The number of Topliss-reactive ketones (excluding diaryl/α,β-unsaturated/α-hetero) is 1. The molecule has 0 N–H and O–H groups in total. The van der Waals surface area contributed by atoms with Gasteiger partial charge in [0.05, 0.1) is 0 Å². The Morgan fingerprint density at radius 2 is 2.00 bits per heavy atom. The van der Waals surface area contributed by atoms with Crippen molar-refractivity contribution in [3.05, 3.63) is 23.3 Å². The predicted octanol–water partition coefficient (Wildman–Crippen LogP) is 3.82. The lowest BCUT2D eigenvalue weighted by atomic mass is 9.51. The molecule has 0 spiro atoms. The molecule has 128 valence electrons. The first kappa shape index (κ1) is 16.0. The van der Waals surface area contributed by atoms with Gasteiger partial charge in [0, 0.05) is 17.8 Å². The molecule has 4 rings (SSSR count). The molecule has 0 aromatic rings. The highest BCUT2D eigenvalue weighted by atomic mass is 16.2. The summed E-state index contributed by atoms with van der Waals surface area (Å²) in [6.07, 6.45) is 11.3. The van der Waals surface area contributed by atoms with Crippen LogP contribution in [0.25, 0.3) is 0 Å². The molecule has 3 nitrogen and oxygen atoms in total. The van der Waals surface area contributed by atoms with E-state index in [1.54, 1.807) is 0 Å². The third-order valence-electron chi connectivity index (χ3n) is 7.79. The van der Waals surface area contributed by atoms with Crippen LogP contribution in [0.5, 0.6) is 0 Å². The van der Waals surface area contributed by atoms with Crippen LogP contribution in [0.4, 0.5) is 0 Å². The summed E-state index contributed by atoms with van der Waals surface area (Å²) in [5, 5.41) is 0. The second kappa shape index (κ2) is 5.24. The quantitative estimate of drug-likeness (QED) is 0.440. The molecule has 1 unspecified atom stereocenters. The zero-order valence-electron chi connectivity index (χ0n) is 14.6. The lowest BCUT2D eigenvalue weighted by Crippen LogP contribution is -2.45. The summed E-state index contributed by atoms with van der Waals surface area (Å²) in [6.45, 7) is 4.54. The van der Waals surface area contributed by atoms with Crippen LogP contribution in [0.2, 0.25) is 0 Å². The van der Waals surface area contributed by atoms with Gasteiger partial charge in [0.2, 0.25) is 0 Å². The maximum Gasteiger partial charge on any atom is 0.198 e. The topological polar surface area (TPSA) is 51.2 Å². The highest BCUT2D eigenvalue weighted by Crippen LogP contribution is 2.64. The molecule has 3 heteroatoms. The Bertz CT molecular complexity index is 685. The molecule has 0 bridgehead atoms. The van der Waals surface area contributed by atoms with Crippen LogP contribution in [0, 0.1) is 28.6 Å². The average molecular weight is 326 g/mol. The van der Waals surface area contributed by atoms with Gasteiger partial charge in [0.25, 0.3) is 0 Å². The normalized spacial score (nSPS) is 43.9. The van der Waals surface area contributed by atoms with E-state index in [1.165, 1.54) is 11.1 Å². The fourth-order valence-electron chi connectivity index (χ4n) is 6.41. The molecule has 4 aliphatic carbocycles. The van der Waals surface area contributed by atoms with Crippen molar-refractivity contribution in [3.63, 3.8) is 0 Å². The number of carbonyl (C=O) groups excluding carboxylic acids is 3. The van der Waals surface area contributed by atoms with Crippen molar-refractivity contribution in [2.24, 2.45) is 28.6 Å². The summed E-state index contributed by atoms with van der Waals surface area (Å²) in [6, 6.07) is 0. The van der Waals surface area contributed by atoms with Crippen molar-refractivity contribution in [1.29, 1.82) is 0 Å². The number of aldehydes is 1. The molecule has 0 heterocycles. The van der Waals surface area contributed by atoms with Crippen LogP contribution in [0.15, 0.2) is 23.3 Å².